The molecule has 32 heavy (non-hydrogen) atoms. The first-order valence-corrected chi connectivity index (χ1v) is 11.1. The molecule has 3 aliphatic rings. The van der Waals surface area contributed by atoms with Crippen LogP contribution in [0.2, 0.25) is 5.02 Å². The van der Waals surface area contributed by atoms with Crippen molar-refractivity contribution in [1.29, 1.82) is 0 Å². The Kier molecular flexibility index (Phi) is 5.79. The van der Waals surface area contributed by atoms with Gasteiger partial charge in [-0.1, -0.05) is 11.6 Å². The van der Waals surface area contributed by atoms with Gasteiger partial charge in [0.25, 0.3) is 5.91 Å². The lowest BCUT2D eigenvalue weighted by Crippen LogP contribution is -2.52. The molecule has 1 N–H and O–H groups in total. The van der Waals surface area contributed by atoms with Gasteiger partial charge in [-0.2, -0.15) is 0 Å². The molecule has 4 rings (SSSR count). The molecule has 1 aromatic carbocycles. The van der Waals surface area contributed by atoms with Crippen LogP contribution in [0.4, 0.5) is 10.5 Å². The number of amides is 4. The first kappa shape index (κ1) is 22.4. The number of rotatable bonds is 2. The quantitative estimate of drug-likeness (QED) is 0.676. The molecule has 172 valence electrons. The fraction of sp³-hybridized carbons (Fsp3) is 0.545. The molecule has 2 saturated heterocycles. The van der Waals surface area contributed by atoms with E-state index in [1.54, 1.807) is 11.0 Å². The topological polar surface area (TPSA) is 99.3 Å². The minimum atomic E-state index is -0.676. The van der Waals surface area contributed by atoms with Crippen molar-refractivity contribution in [2.45, 2.75) is 51.8 Å². The highest BCUT2D eigenvalue weighted by Crippen LogP contribution is 2.36. The highest BCUT2D eigenvalue weighted by Gasteiger charge is 2.40. The average molecular weight is 463 g/mol. The molecule has 1 atom stereocenters. The summed E-state index contributed by atoms with van der Waals surface area (Å²) in [6, 6.07) is 3.01. The normalized spacial score (nSPS) is 21.6. The lowest BCUT2D eigenvalue weighted by molar-refractivity contribution is -0.136. The molecule has 1 aromatic rings. The standard InChI is InChI=1S/C22H27ClN4O5/c1-22(2,3)32-21(31)26-8-6-25(7-9-26)14-10-13-12-27(20(30)18(13)15(23)11-14)16-4-5-17(28)24-19(16)29/h10-11,16H,4-9,12H2,1-3H3,(H,24,28,29). The van der Waals surface area contributed by atoms with Crippen molar-refractivity contribution in [3.8, 4) is 0 Å². The first-order chi connectivity index (χ1) is 15.0. The van der Waals surface area contributed by atoms with Crippen molar-refractivity contribution < 1.29 is 23.9 Å². The van der Waals surface area contributed by atoms with Crippen LogP contribution in [-0.4, -0.2) is 71.4 Å². The number of imide groups is 1. The van der Waals surface area contributed by atoms with E-state index in [1.165, 1.54) is 4.90 Å². The van der Waals surface area contributed by atoms with E-state index in [1.807, 2.05) is 26.8 Å². The van der Waals surface area contributed by atoms with Crippen LogP contribution in [0.15, 0.2) is 12.1 Å². The maximum absolute atomic E-state index is 13.0. The third-order valence-corrected chi connectivity index (χ3v) is 6.15. The van der Waals surface area contributed by atoms with Gasteiger partial charge in [-0.3, -0.25) is 19.7 Å². The molecule has 0 saturated carbocycles. The highest BCUT2D eigenvalue weighted by molar-refractivity contribution is 6.34. The summed E-state index contributed by atoms with van der Waals surface area (Å²) >= 11 is 6.49. The Hall–Kier alpha value is -2.81. The van der Waals surface area contributed by atoms with E-state index < -0.39 is 17.6 Å². The smallest absolute Gasteiger partial charge is 0.410 e. The molecule has 2 fully saturated rings. The second-order valence-electron chi connectivity index (χ2n) is 9.32. The van der Waals surface area contributed by atoms with E-state index in [0.29, 0.717) is 43.2 Å². The maximum Gasteiger partial charge on any atom is 0.410 e. The largest absolute Gasteiger partial charge is 0.444 e. The van der Waals surface area contributed by atoms with Crippen LogP contribution in [0.5, 0.6) is 0 Å². The fourth-order valence-electron chi connectivity index (χ4n) is 4.30. The third kappa shape index (κ3) is 4.39. The number of benzene rings is 1. The van der Waals surface area contributed by atoms with Crippen molar-refractivity contribution in [2.75, 3.05) is 31.1 Å². The monoisotopic (exact) mass is 462 g/mol. The number of ether oxygens (including phenoxy) is 1. The van der Waals surface area contributed by atoms with Gasteiger partial charge in [0, 0.05) is 44.8 Å². The lowest BCUT2D eigenvalue weighted by atomic mass is 10.0. The van der Waals surface area contributed by atoms with Crippen LogP contribution in [0, 0.1) is 0 Å². The molecule has 0 aromatic heterocycles. The van der Waals surface area contributed by atoms with Crippen LogP contribution in [0.3, 0.4) is 0 Å². The van der Waals surface area contributed by atoms with Crippen molar-refractivity contribution in [1.82, 2.24) is 15.1 Å². The average Bonchev–Trinajstić information content (AvgIpc) is 3.03. The zero-order valence-electron chi connectivity index (χ0n) is 18.4. The van der Waals surface area contributed by atoms with Crippen LogP contribution >= 0.6 is 11.6 Å². The molecule has 0 aliphatic carbocycles. The summed E-state index contributed by atoms with van der Waals surface area (Å²) in [4.78, 5) is 54.3. The van der Waals surface area contributed by atoms with E-state index in [0.717, 1.165) is 11.3 Å². The first-order valence-electron chi connectivity index (χ1n) is 10.7. The number of hydrogen-bond acceptors (Lipinski definition) is 6. The second-order valence-corrected chi connectivity index (χ2v) is 9.72. The third-order valence-electron chi connectivity index (χ3n) is 5.85. The summed E-state index contributed by atoms with van der Waals surface area (Å²) in [5, 5.41) is 2.64. The summed E-state index contributed by atoms with van der Waals surface area (Å²) in [7, 11) is 0. The Morgan fingerprint density at radius 3 is 2.44 bits per heavy atom. The van der Waals surface area contributed by atoms with Crippen molar-refractivity contribution >= 4 is 41.1 Å². The number of carbonyl (C=O) groups is 4. The Balaban J connectivity index is 1.46. The zero-order valence-corrected chi connectivity index (χ0v) is 19.2. The minimum absolute atomic E-state index is 0.206. The van der Waals surface area contributed by atoms with Crippen molar-refractivity contribution in [2.24, 2.45) is 0 Å². The Morgan fingerprint density at radius 2 is 1.81 bits per heavy atom. The number of hydrogen-bond donors (Lipinski definition) is 1. The van der Waals surface area contributed by atoms with Crippen molar-refractivity contribution in [3.63, 3.8) is 0 Å². The van der Waals surface area contributed by atoms with Crippen LogP contribution < -0.4 is 10.2 Å². The van der Waals surface area contributed by atoms with Gasteiger partial charge in [-0.05, 0) is 44.9 Å². The van der Waals surface area contributed by atoms with Gasteiger partial charge < -0.3 is 19.4 Å². The van der Waals surface area contributed by atoms with E-state index in [2.05, 4.69) is 10.2 Å². The molecule has 1 unspecified atom stereocenters. The summed E-state index contributed by atoms with van der Waals surface area (Å²) in [6.45, 7) is 8.05. The molecule has 9 nitrogen and oxygen atoms in total. The van der Waals surface area contributed by atoms with Gasteiger partial charge in [0.05, 0.1) is 10.6 Å². The van der Waals surface area contributed by atoms with E-state index >= 15 is 0 Å². The molecular weight excluding hydrogens is 436 g/mol. The van der Waals surface area contributed by atoms with E-state index in [9.17, 15) is 19.2 Å². The van der Waals surface area contributed by atoms with Crippen LogP contribution in [-0.2, 0) is 20.9 Å². The lowest BCUT2D eigenvalue weighted by Gasteiger charge is -2.37. The molecule has 3 heterocycles. The summed E-state index contributed by atoms with van der Waals surface area (Å²) in [5.74, 6) is -1.06. The van der Waals surface area contributed by atoms with Gasteiger partial charge in [0.15, 0.2) is 0 Å². The number of anilines is 1. The number of carbonyl (C=O) groups excluding carboxylic acids is 4. The molecular formula is C22H27ClN4O5. The minimum Gasteiger partial charge on any atom is -0.444 e. The Morgan fingerprint density at radius 1 is 1.12 bits per heavy atom. The Labute approximate surface area is 191 Å². The SMILES string of the molecule is CC(C)(C)OC(=O)N1CCN(c2cc(Cl)c3c(c2)CN(C2CCC(=O)NC2=O)C3=O)CC1. The summed E-state index contributed by atoms with van der Waals surface area (Å²) in [6.07, 6.45) is 0.188. The van der Waals surface area contributed by atoms with Gasteiger partial charge in [-0.15, -0.1) is 0 Å². The predicted molar refractivity (Wildman–Crippen MR) is 118 cm³/mol. The van der Waals surface area contributed by atoms with Crippen LogP contribution in [0.25, 0.3) is 0 Å². The van der Waals surface area contributed by atoms with Gasteiger partial charge in [0.1, 0.15) is 11.6 Å². The van der Waals surface area contributed by atoms with Gasteiger partial charge >= 0.3 is 6.09 Å². The van der Waals surface area contributed by atoms with Crippen LogP contribution in [0.1, 0.15) is 49.5 Å². The van der Waals surface area contributed by atoms with E-state index in [4.69, 9.17) is 16.3 Å². The summed E-state index contributed by atoms with van der Waals surface area (Å²) < 4.78 is 5.44. The number of nitrogens with zero attached hydrogens (tertiary/aromatic N) is 3. The van der Waals surface area contributed by atoms with Gasteiger partial charge in [0.2, 0.25) is 11.8 Å². The molecule has 0 spiro atoms. The molecule has 0 radical (unpaired) electrons. The van der Waals surface area contributed by atoms with Crippen molar-refractivity contribution in [3.05, 3.63) is 28.3 Å². The molecule has 10 heteroatoms. The number of piperidine rings is 1. The molecule has 3 aliphatic heterocycles. The number of piperazine rings is 1. The Bertz CT molecular complexity index is 981. The maximum atomic E-state index is 13.0. The summed E-state index contributed by atoms with van der Waals surface area (Å²) in [5.41, 5.74) is 1.50. The number of nitrogens with one attached hydrogen (secondary N) is 1. The predicted octanol–water partition coefficient (Wildman–Crippen LogP) is 2.16. The van der Waals surface area contributed by atoms with E-state index in [-0.39, 0.29) is 30.9 Å². The fourth-order valence-corrected chi connectivity index (χ4v) is 4.61. The highest BCUT2D eigenvalue weighted by atomic mass is 35.5. The van der Waals surface area contributed by atoms with Gasteiger partial charge in [-0.25, -0.2) is 4.79 Å². The zero-order chi connectivity index (χ0) is 23.2. The molecule has 0 bridgehead atoms. The number of halogens is 1. The molecule has 4 amide bonds. The second kappa shape index (κ2) is 8.27. The number of fused-ring (bicyclic) bond motifs is 1.